The monoisotopic (exact) mass is 394 g/mol. The van der Waals surface area contributed by atoms with Gasteiger partial charge in [-0.25, -0.2) is 0 Å². The molecule has 2 N–H and O–H groups in total. The fraction of sp³-hybridized carbons (Fsp3) is 0.0526. The molecule has 0 aliphatic heterocycles. The first kappa shape index (κ1) is 15.7. The first-order chi connectivity index (χ1) is 12.2. The molecule has 0 aliphatic carbocycles. The summed E-state index contributed by atoms with van der Waals surface area (Å²) in [5.41, 5.74) is 4.88. The van der Waals surface area contributed by atoms with E-state index in [4.69, 9.17) is 4.74 Å². The van der Waals surface area contributed by atoms with E-state index < -0.39 is 0 Å². The van der Waals surface area contributed by atoms with Gasteiger partial charge in [0.25, 0.3) is 0 Å². The lowest BCUT2D eigenvalue weighted by Gasteiger charge is -2.12. The molecule has 25 heavy (non-hydrogen) atoms. The first-order valence-electron chi connectivity index (χ1n) is 7.72. The zero-order valence-electron chi connectivity index (χ0n) is 13.5. The molecule has 0 unspecified atom stereocenters. The Bertz CT molecular complexity index is 1030. The van der Waals surface area contributed by atoms with Crippen molar-refractivity contribution in [1.29, 1.82) is 0 Å². The number of rotatable bonds is 4. The maximum atomic E-state index is 5.45. The second-order valence-corrected chi connectivity index (χ2v) is 6.50. The lowest BCUT2D eigenvalue weighted by atomic mass is 10.1. The summed E-state index contributed by atoms with van der Waals surface area (Å²) < 4.78 is 6.46. The number of halogens is 1. The smallest absolute Gasteiger partial charge is 0.121 e. The van der Waals surface area contributed by atoms with Crippen molar-refractivity contribution in [2.45, 2.75) is 0 Å². The van der Waals surface area contributed by atoms with Crippen molar-refractivity contribution < 1.29 is 4.74 Å². The highest BCUT2D eigenvalue weighted by Crippen LogP contribution is 2.32. The molecule has 6 heteroatoms. The Morgan fingerprint density at radius 3 is 2.80 bits per heavy atom. The molecule has 2 aromatic heterocycles. The van der Waals surface area contributed by atoms with Crippen LogP contribution in [-0.4, -0.2) is 22.3 Å². The Morgan fingerprint density at radius 2 is 2.00 bits per heavy atom. The fourth-order valence-corrected chi connectivity index (χ4v) is 3.11. The topological polar surface area (TPSA) is 62.8 Å². The molecule has 0 radical (unpaired) electrons. The number of H-pyrrole nitrogens is 1. The van der Waals surface area contributed by atoms with Gasteiger partial charge in [-0.05, 0) is 42.0 Å². The second-order valence-electron chi connectivity index (χ2n) is 5.58. The van der Waals surface area contributed by atoms with E-state index in [1.807, 2.05) is 36.5 Å². The molecule has 0 atom stereocenters. The quantitative estimate of drug-likeness (QED) is 0.502. The molecular weight excluding hydrogens is 380 g/mol. The number of ether oxygens (including phenoxy) is 1. The minimum Gasteiger partial charge on any atom is -0.497 e. The van der Waals surface area contributed by atoms with E-state index in [0.717, 1.165) is 43.6 Å². The minimum atomic E-state index is 0.778. The predicted octanol–water partition coefficient (Wildman–Crippen LogP) is 5.14. The van der Waals surface area contributed by atoms with E-state index in [9.17, 15) is 0 Å². The number of fused-ring (bicyclic) bond motifs is 1. The van der Waals surface area contributed by atoms with Crippen molar-refractivity contribution in [2.24, 2.45) is 0 Å². The third-order valence-electron chi connectivity index (χ3n) is 3.96. The average Bonchev–Trinajstić information content (AvgIpc) is 3.17. The lowest BCUT2D eigenvalue weighted by Crippen LogP contribution is -1.94. The van der Waals surface area contributed by atoms with E-state index >= 15 is 0 Å². The van der Waals surface area contributed by atoms with Crippen molar-refractivity contribution in [3.05, 3.63) is 65.5 Å². The van der Waals surface area contributed by atoms with Crippen LogP contribution in [0.15, 0.2) is 65.5 Å². The zero-order valence-corrected chi connectivity index (χ0v) is 15.0. The van der Waals surface area contributed by atoms with Crippen molar-refractivity contribution in [3.63, 3.8) is 0 Å². The maximum absolute atomic E-state index is 5.45. The minimum absolute atomic E-state index is 0.778. The van der Waals surface area contributed by atoms with Gasteiger partial charge in [0, 0.05) is 45.3 Å². The van der Waals surface area contributed by atoms with Crippen LogP contribution >= 0.6 is 15.9 Å². The van der Waals surface area contributed by atoms with Crippen LogP contribution in [0, 0.1) is 0 Å². The number of nitrogens with zero attached hydrogens (tertiary/aromatic N) is 2. The molecule has 0 fully saturated rings. The molecule has 4 rings (SSSR count). The third-order valence-corrected chi connectivity index (χ3v) is 4.45. The zero-order chi connectivity index (χ0) is 17.2. The molecule has 4 aromatic rings. The Balaban J connectivity index is 1.78. The highest BCUT2D eigenvalue weighted by molar-refractivity contribution is 9.10. The predicted molar refractivity (Wildman–Crippen MR) is 103 cm³/mol. The SMILES string of the molecule is COc1cc(Nc2ccnc3ccc(Br)cc23)cc(-c2cn[nH]c2)c1. The fourth-order valence-electron chi connectivity index (χ4n) is 2.75. The van der Waals surface area contributed by atoms with E-state index in [-0.39, 0.29) is 0 Å². The van der Waals surface area contributed by atoms with Gasteiger partial charge in [-0.2, -0.15) is 5.10 Å². The molecule has 0 amide bonds. The number of pyridine rings is 1. The molecule has 2 heterocycles. The van der Waals surface area contributed by atoms with Gasteiger partial charge in [0.15, 0.2) is 0 Å². The number of hydrogen-bond donors (Lipinski definition) is 2. The van der Waals surface area contributed by atoms with Crippen molar-refractivity contribution in [3.8, 4) is 16.9 Å². The summed E-state index contributed by atoms with van der Waals surface area (Å²) in [5.74, 6) is 0.778. The summed E-state index contributed by atoms with van der Waals surface area (Å²) in [6.07, 6.45) is 5.45. The molecule has 0 spiro atoms. The number of hydrogen-bond acceptors (Lipinski definition) is 4. The van der Waals surface area contributed by atoms with E-state index in [2.05, 4.69) is 48.6 Å². The van der Waals surface area contributed by atoms with E-state index in [1.165, 1.54) is 0 Å². The van der Waals surface area contributed by atoms with Crippen molar-refractivity contribution in [2.75, 3.05) is 12.4 Å². The Kier molecular flexibility index (Phi) is 4.11. The van der Waals surface area contributed by atoms with Gasteiger partial charge < -0.3 is 10.1 Å². The van der Waals surface area contributed by atoms with E-state index in [0.29, 0.717) is 0 Å². The standard InChI is InChI=1S/C19H15BrN4O/c1-25-16-7-12(13-10-22-23-11-13)6-15(9-16)24-19-4-5-21-18-3-2-14(20)8-17(18)19/h2-11H,1H3,(H,21,24)(H,22,23). The largest absolute Gasteiger partial charge is 0.497 e. The lowest BCUT2D eigenvalue weighted by molar-refractivity contribution is 0.415. The summed E-state index contributed by atoms with van der Waals surface area (Å²) in [4.78, 5) is 4.42. The van der Waals surface area contributed by atoms with Crippen LogP contribution in [0.25, 0.3) is 22.0 Å². The number of methoxy groups -OCH3 is 1. The molecule has 0 aliphatic rings. The number of anilines is 2. The molecule has 0 saturated carbocycles. The Hall–Kier alpha value is -2.86. The average molecular weight is 395 g/mol. The highest BCUT2D eigenvalue weighted by atomic mass is 79.9. The van der Waals surface area contributed by atoms with Crippen LogP contribution in [0.3, 0.4) is 0 Å². The normalized spacial score (nSPS) is 10.8. The Labute approximate surface area is 153 Å². The van der Waals surface area contributed by atoms with Gasteiger partial charge in [-0.1, -0.05) is 15.9 Å². The van der Waals surface area contributed by atoms with Gasteiger partial charge in [0.1, 0.15) is 5.75 Å². The molecule has 0 saturated heterocycles. The summed E-state index contributed by atoms with van der Waals surface area (Å²) in [6.45, 7) is 0. The van der Waals surface area contributed by atoms with Crippen LogP contribution in [0.2, 0.25) is 0 Å². The molecule has 2 aromatic carbocycles. The number of nitrogens with one attached hydrogen (secondary N) is 2. The van der Waals surface area contributed by atoms with Crippen LogP contribution in [0.1, 0.15) is 0 Å². The van der Waals surface area contributed by atoms with Gasteiger partial charge in [-0.3, -0.25) is 10.1 Å². The highest BCUT2D eigenvalue weighted by Gasteiger charge is 2.08. The van der Waals surface area contributed by atoms with E-state index in [1.54, 1.807) is 19.5 Å². The summed E-state index contributed by atoms with van der Waals surface area (Å²) in [7, 11) is 1.66. The molecule has 0 bridgehead atoms. The van der Waals surface area contributed by atoms with Gasteiger partial charge in [0.05, 0.1) is 18.8 Å². The second kappa shape index (κ2) is 6.57. The molecule has 124 valence electrons. The van der Waals surface area contributed by atoms with Crippen LogP contribution < -0.4 is 10.1 Å². The number of aromatic nitrogens is 3. The molecular formula is C19H15BrN4O. The van der Waals surface area contributed by atoms with Crippen LogP contribution in [0.4, 0.5) is 11.4 Å². The van der Waals surface area contributed by atoms with Crippen molar-refractivity contribution in [1.82, 2.24) is 15.2 Å². The summed E-state index contributed by atoms with van der Waals surface area (Å²) >= 11 is 3.53. The van der Waals surface area contributed by atoms with Gasteiger partial charge >= 0.3 is 0 Å². The maximum Gasteiger partial charge on any atom is 0.121 e. The third kappa shape index (κ3) is 3.21. The summed E-state index contributed by atoms with van der Waals surface area (Å²) in [5, 5.41) is 11.4. The van der Waals surface area contributed by atoms with Gasteiger partial charge in [0.2, 0.25) is 0 Å². The summed E-state index contributed by atoms with van der Waals surface area (Å²) in [6, 6.07) is 14.0. The van der Waals surface area contributed by atoms with Crippen LogP contribution in [0.5, 0.6) is 5.75 Å². The first-order valence-corrected chi connectivity index (χ1v) is 8.52. The Morgan fingerprint density at radius 1 is 1.08 bits per heavy atom. The molecule has 5 nitrogen and oxygen atoms in total. The van der Waals surface area contributed by atoms with Gasteiger partial charge in [-0.15, -0.1) is 0 Å². The van der Waals surface area contributed by atoms with Crippen molar-refractivity contribution >= 4 is 38.2 Å². The number of aromatic amines is 1. The number of benzene rings is 2. The van der Waals surface area contributed by atoms with Crippen LogP contribution in [-0.2, 0) is 0 Å².